The predicted octanol–water partition coefficient (Wildman–Crippen LogP) is 5.91. The number of methoxy groups -OCH3 is 1. The van der Waals surface area contributed by atoms with E-state index in [4.69, 9.17) is 9.47 Å². The predicted molar refractivity (Wildman–Crippen MR) is 126 cm³/mol. The van der Waals surface area contributed by atoms with Crippen LogP contribution in [0.3, 0.4) is 0 Å². The number of ether oxygens (including phenoxy) is 2. The summed E-state index contributed by atoms with van der Waals surface area (Å²) in [7, 11) is 1.64. The van der Waals surface area contributed by atoms with Crippen LogP contribution in [0.2, 0.25) is 0 Å². The lowest BCUT2D eigenvalue weighted by atomic mass is 9.59. The van der Waals surface area contributed by atoms with Gasteiger partial charge in [-0.25, -0.2) is 0 Å². The summed E-state index contributed by atoms with van der Waals surface area (Å²) in [6.45, 7) is 0. The van der Waals surface area contributed by atoms with Crippen LogP contribution in [0, 0.1) is 23.2 Å². The van der Waals surface area contributed by atoms with Crippen LogP contribution in [0.4, 0.5) is 0 Å². The first-order chi connectivity index (χ1) is 16.1. The number of hydrogen-bond donors (Lipinski definition) is 1. The van der Waals surface area contributed by atoms with Gasteiger partial charge in [-0.15, -0.1) is 0 Å². The minimum atomic E-state index is -0.758. The molecule has 1 N–H and O–H groups in total. The first-order valence-electron chi connectivity index (χ1n) is 12.1. The third kappa shape index (κ3) is 5.00. The fraction of sp³-hybridized carbons (Fsp3) is 0.500. The summed E-state index contributed by atoms with van der Waals surface area (Å²) >= 11 is 0. The van der Waals surface area contributed by atoms with Crippen molar-refractivity contribution in [1.29, 1.82) is 5.26 Å². The standard InChI is InChI=1S/C28H33NO4/c1-32-25-14-13-23(18-26(25)33-24-9-5-6-10-24)28(19-29)16-15-21(27(30)31)17-22(28)12-11-20-7-3-2-4-8-20/h2-4,7-8,13-14,18,21-22,24H,5-6,9-12,15-17H2,1H3,(H,30,31). The van der Waals surface area contributed by atoms with E-state index in [2.05, 4.69) is 18.2 Å². The van der Waals surface area contributed by atoms with Gasteiger partial charge in [-0.05, 0) is 87.0 Å². The molecule has 3 atom stereocenters. The highest BCUT2D eigenvalue weighted by Gasteiger charge is 2.47. The van der Waals surface area contributed by atoms with E-state index in [1.54, 1.807) is 7.11 Å². The molecular formula is C28H33NO4. The SMILES string of the molecule is COc1ccc(C2(C#N)CCC(C(=O)O)CC2CCc2ccccc2)cc1OC1CCCC1. The summed E-state index contributed by atoms with van der Waals surface area (Å²) in [5.74, 6) is 0.161. The number of benzene rings is 2. The monoisotopic (exact) mass is 447 g/mol. The molecule has 2 aromatic carbocycles. The molecule has 2 saturated carbocycles. The summed E-state index contributed by atoms with van der Waals surface area (Å²) < 4.78 is 11.9. The molecule has 5 nitrogen and oxygen atoms in total. The summed E-state index contributed by atoms with van der Waals surface area (Å²) in [6.07, 6.45) is 7.76. The van der Waals surface area contributed by atoms with Gasteiger partial charge in [0.25, 0.3) is 0 Å². The molecule has 5 heteroatoms. The van der Waals surface area contributed by atoms with Crippen molar-refractivity contribution < 1.29 is 19.4 Å². The molecule has 0 aliphatic heterocycles. The molecule has 2 aromatic rings. The molecule has 2 fully saturated rings. The molecule has 0 bridgehead atoms. The maximum absolute atomic E-state index is 11.8. The molecule has 0 saturated heterocycles. The van der Waals surface area contributed by atoms with Crippen molar-refractivity contribution in [2.75, 3.05) is 7.11 Å². The minimum Gasteiger partial charge on any atom is -0.493 e. The van der Waals surface area contributed by atoms with Crippen LogP contribution in [0.15, 0.2) is 48.5 Å². The molecule has 0 spiro atoms. The van der Waals surface area contributed by atoms with Gasteiger partial charge in [-0.3, -0.25) is 4.79 Å². The Morgan fingerprint density at radius 1 is 1.12 bits per heavy atom. The van der Waals surface area contributed by atoms with Crippen molar-refractivity contribution in [3.63, 3.8) is 0 Å². The van der Waals surface area contributed by atoms with Gasteiger partial charge in [0.2, 0.25) is 0 Å². The molecule has 4 rings (SSSR count). The van der Waals surface area contributed by atoms with Crippen LogP contribution in [-0.2, 0) is 16.6 Å². The normalized spacial score (nSPS) is 25.3. The first kappa shape index (κ1) is 23.2. The Hall–Kier alpha value is -3.00. The summed E-state index contributed by atoms with van der Waals surface area (Å²) in [4.78, 5) is 11.8. The van der Waals surface area contributed by atoms with Crippen molar-refractivity contribution in [1.82, 2.24) is 0 Å². The number of carboxylic acids is 1. The number of nitriles is 1. The number of carbonyl (C=O) groups is 1. The molecule has 174 valence electrons. The average Bonchev–Trinajstić information content (AvgIpc) is 3.36. The van der Waals surface area contributed by atoms with E-state index in [1.165, 1.54) is 18.4 Å². The largest absolute Gasteiger partial charge is 0.493 e. The lowest BCUT2D eigenvalue weighted by Crippen LogP contribution is -2.41. The van der Waals surface area contributed by atoms with Gasteiger partial charge in [0, 0.05) is 0 Å². The number of carboxylic acid groups (broad SMARTS) is 1. The first-order valence-corrected chi connectivity index (χ1v) is 12.1. The van der Waals surface area contributed by atoms with Crippen LogP contribution in [-0.4, -0.2) is 24.3 Å². The maximum Gasteiger partial charge on any atom is 0.306 e. The van der Waals surface area contributed by atoms with Gasteiger partial charge in [-0.2, -0.15) is 5.26 Å². The molecular weight excluding hydrogens is 414 g/mol. The zero-order chi connectivity index (χ0) is 23.3. The molecule has 2 aliphatic rings. The molecule has 0 aromatic heterocycles. The fourth-order valence-electron chi connectivity index (χ4n) is 5.67. The van der Waals surface area contributed by atoms with E-state index >= 15 is 0 Å². The number of nitrogens with zero attached hydrogens (tertiary/aromatic N) is 1. The van der Waals surface area contributed by atoms with E-state index in [0.717, 1.165) is 31.2 Å². The van der Waals surface area contributed by atoms with Gasteiger partial charge in [0.15, 0.2) is 11.5 Å². The van der Waals surface area contributed by atoms with Crippen LogP contribution >= 0.6 is 0 Å². The Balaban J connectivity index is 1.66. The van der Waals surface area contributed by atoms with E-state index in [1.807, 2.05) is 36.4 Å². The quantitative estimate of drug-likeness (QED) is 0.544. The Bertz CT molecular complexity index is 993. The summed E-state index contributed by atoms with van der Waals surface area (Å²) in [5, 5.41) is 20.2. The second-order valence-electron chi connectivity index (χ2n) is 9.50. The van der Waals surface area contributed by atoms with Crippen molar-refractivity contribution in [2.45, 2.75) is 69.3 Å². The Morgan fingerprint density at radius 2 is 1.88 bits per heavy atom. The summed E-state index contributed by atoms with van der Waals surface area (Å²) in [5.41, 5.74) is 1.39. The number of hydrogen-bond acceptors (Lipinski definition) is 4. The Morgan fingerprint density at radius 3 is 2.55 bits per heavy atom. The van der Waals surface area contributed by atoms with Crippen LogP contribution in [0.1, 0.15) is 62.5 Å². The highest BCUT2D eigenvalue weighted by molar-refractivity contribution is 5.70. The van der Waals surface area contributed by atoms with Crippen LogP contribution < -0.4 is 9.47 Å². The number of rotatable bonds is 8. The second kappa shape index (κ2) is 10.3. The number of aliphatic carboxylic acids is 1. The zero-order valence-corrected chi connectivity index (χ0v) is 19.3. The molecule has 0 radical (unpaired) electrons. The Kier molecular flexibility index (Phi) is 7.23. The van der Waals surface area contributed by atoms with Crippen LogP contribution in [0.25, 0.3) is 0 Å². The fourth-order valence-corrected chi connectivity index (χ4v) is 5.67. The number of aryl methyl sites for hydroxylation is 1. The smallest absolute Gasteiger partial charge is 0.306 e. The maximum atomic E-state index is 11.8. The third-order valence-electron chi connectivity index (χ3n) is 7.60. The van der Waals surface area contributed by atoms with Gasteiger partial charge < -0.3 is 14.6 Å². The minimum absolute atomic E-state index is 0.0507. The van der Waals surface area contributed by atoms with Gasteiger partial charge >= 0.3 is 5.97 Å². The molecule has 0 amide bonds. The molecule has 2 aliphatic carbocycles. The topological polar surface area (TPSA) is 79.5 Å². The van der Waals surface area contributed by atoms with E-state index < -0.39 is 17.3 Å². The van der Waals surface area contributed by atoms with Crippen molar-refractivity contribution in [3.05, 3.63) is 59.7 Å². The Labute approximate surface area is 196 Å². The second-order valence-corrected chi connectivity index (χ2v) is 9.50. The van der Waals surface area contributed by atoms with E-state index in [-0.39, 0.29) is 12.0 Å². The van der Waals surface area contributed by atoms with Gasteiger partial charge in [0.1, 0.15) is 0 Å². The van der Waals surface area contributed by atoms with Crippen LogP contribution in [0.5, 0.6) is 11.5 Å². The zero-order valence-electron chi connectivity index (χ0n) is 19.3. The average molecular weight is 448 g/mol. The third-order valence-corrected chi connectivity index (χ3v) is 7.60. The molecule has 3 unspecified atom stereocenters. The van der Waals surface area contributed by atoms with E-state index in [9.17, 15) is 15.2 Å². The highest BCUT2D eigenvalue weighted by Crippen LogP contribution is 2.49. The lowest BCUT2D eigenvalue weighted by Gasteiger charge is -2.42. The highest BCUT2D eigenvalue weighted by atomic mass is 16.5. The van der Waals surface area contributed by atoms with E-state index in [0.29, 0.717) is 30.8 Å². The van der Waals surface area contributed by atoms with Gasteiger partial charge in [0.05, 0.1) is 30.6 Å². The van der Waals surface area contributed by atoms with Gasteiger partial charge in [-0.1, -0.05) is 36.4 Å². The summed E-state index contributed by atoms with van der Waals surface area (Å²) in [6, 6.07) is 18.7. The molecule has 0 heterocycles. The molecule has 33 heavy (non-hydrogen) atoms. The lowest BCUT2D eigenvalue weighted by molar-refractivity contribution is -0.143. The van der Waals surface area contributed by atoms with Crippen molar-refractivity contribution in [2.24, 2.45) is 11.8 Å². The van der Waals surface area contributed by atoms with Crippen molar-refractivity contribution in [3.8, 4) is 17.6 Å². The van der Waals surface area contributed by atoms with Crippen molar-refractivity contribution >= 4 is 5.97 Å².